The highest BCUT2D eigenvalue weighted by Crippen LogP contribution is 2.23. The fourth-order valence-electron chi connectivity index (χ4n) is 2.84. The Morgan fingerprint density at radius 1 is 1.00 bits per heavy atom. The van der Waals surface area contributed by atoms with Gasteiger partial charge in [0.15, 0.2) is 0 Å². The van der Waals surface area contributed by atoms with E-state index in [-0.39, 0.29) is 6.54 Å². The Hall–Kier alpha value is -2.86. The molecule has 0 saturated heterocycles. The van der Waals surface area contributed by atoms with Crippen LogP contribution in [0.3, 0.4) is 0 Å². The summed E-state index contributed by atoms with van der Waals surface area (Å²) in [4.78, 5) is 12.6. The molecule has 0 aliphatic rings. The molecule has 0 radical (unpaired) electrons. The Kier molecular flexibility index (Phi) is 4.95. The molecular formula is C20H20N2O3S. The van der Waals surface area contributed by atoms with Crippen molar-refractivity contribution in [3.8, 4) is 0 Å². The number of anilines is 2. The zero-order chi connectivity index (χ0) is 18.7. The normalized spacial score (nSPS) is 11.3. The van der Waals surface area contributed by atoms with Crippen molar-refractivity contribution in [3.63, 3.8) is 0 Å². The minimum absolute atomic E-state index is 0.286. The molecule has 0 aromatic heterocycles. The molecule has 0 aliphatic carbocycles. The van der Waals surface area contributed by atoms with E-state index in [4.69, 9.17) is 0 Å². The van der Waals surface area contributed by atoms with Gasteiger partial charge in [-0.25, -0.2) is 8.42 Å². The largest absolute Gasteiger partial charge is 0.324 e. The second kappa shape index (κ2) is 7.17. The van der Waals surface area contributed by atoms with Crippen LogP contribution in [0.2, 0.25) is 0 Å². The van der Waals surface area contributed by atoms with Crippen LogP contribution in [0.1, 0.15) is 5.56 Å². The molecule has 0 unspecified atom stereocenters. The van der Waals surface area contributed by atoms with Crippen LogP contribution in [0, 0.1) is 6.92 Å². The summed E-state index contributed by atoms with van der Waals surface area (Å²) in [6, 6.07) is 20.4. The summed E-state index contributed by atoms with van der Waals surface area (Å²) >= 11 is 0. The lowest BCUT2D eigenvalue weighted by molar-refractivity contribution is -0.114. The van der Waals surface area contributed by atoms with Gasteiger partial charge < -0.3 is 5.32 Å². The molecule has 0 heterocycles. The van der Waals surface area contributed by atoms with Gasteiger partial charge in [0.25, 0.3) is 0 Å². The fraction of sp³-hybridized carbons (Fsp3) is 0.150. The van der Waals surface area contributed by atoms with Crippen molar-refractivity contribution in [1.29, 1.82) is 0 Å². The van der Waals surface area contributed by atoms with Crippen molar-refractivity contribution >= 4 is 38.1 Å². The topological polar surface area (TPSA) is 66.5 Å². The van der Waals surface area contributed by atoms with Gasteiger partial charge >= 0.3 is 0 Å². The maximum Gasteiger partial charge on any atom is 0.245 e. The molecule has 0 atom stereocenters. The first kappa shape index (κ1) is 17.9. The zero-order valence-corrected chi connectivity index (χ0v) is 15.5. The predicted molar refractivity (Wildman–Crippen MR) is 106 cm³/mol. The number of nitrogens with one attached hydrogen (secondary N) is 1. The van der Waals surface area contributed by atoms with Crippen LogP contribution in [0.25, 0.3) is 10.8 Å². The molecule has 1 amide bonds. The van der Waals surface area contributed by atoms with E-state index in [2.05, 4.69) is 5.32 Å². The van der Waals surface area contributed by atoms with Gasteiger partial charge in [-0.05, 0) is 36.1 Å². The number of aryl methyl sites for hydroxylation is 1. The molecular weight excluding hydrogens is 348 g/mol. The van der Waals surface area contributed by atoms with Gasteiger partial charge in [-0.1, -0.05) is 48.5 Å². The summed E-state index contributed by atoms with van der Waals surface area (Å²) < 4.78 is 25.5. The Bertz CT molecular complexity index is 1060. The maximum atomic E-state index is 12.6. The predicted octanol–water partition coefficient (Wildman–Crippen LogP) is 3.55. The van der Waals surface area contributed by atoms with Crippen LogP contribution in [0.5, 0.6) is 0 Å². The lowest BCUT2D eigenvalue weighted by atomic mass is 10.1. The number of hydrogen-bond acceptors (Lipinski definition) is 3. The third kappa shape index (κ3) is 4.03. The van der Waals surface area contributed by atoms with Crippen molar-refractivity contribution in [2.75, 3.05) is 22.4 Å². The highest BCUT2D eigenvalue weighted by atomic mass is 32.2. The molecule has 134 valence electrons. The molecule has 3 rings (SSSR count). The monoisotopic (exact) mass is 368 g/mol. The molecule has 0 bridgehead atoms. The quantitative estimate of drug-likeness (QED) is 0.749. The van der Waals surface area contributed by atoms with Gasteiger partial charge in [0.05, 0.1) is 11.9 Å². The van der Waals surface area contributed by atoms with E-state index in [9.17, 15) is 13.2 Å². The highest BCUT2D eigenvalue weighted by Gasteiger charge is 2.21. The fourth-order valence-corrected chi connectivity index (χ4v) is 3.69. The van der Waals surface area contributed by atoms with Crippen LogP contribution in [-0.4, -0.2) is 27.1 Å². The Morgan fingerprint density at radius 3 is 2.42 bits per heavy atom. The van der Waals surface area contributed by atoms with E-state index in [1.165, 1.54) is 0 Å². The summed E-state index contributed by atoms with van der Waals surface area (Å²) in [6.45, 7) is 1.59. The van der Waals surface area contributed by atoms with E-state index in [0.29, 0.717) is 11.4 Å². The van der Waals surface area contributed by atoms with Crippen LogP contribution < -0.4 is 9.62 Å². The van der Waals surface area contributed by atoms with Gasteiger partial charge in [0.2, 0.25) is 15.9 Å². The maximum absolute atomic E-state index is 12.6. The smallest absolute Gasteiger partial charge is 0.245 e. The van der Waals surface area contributed by atoms with Crippen molar-refractivity contribution in [2.45, 2.75) is 6.92 Å². The molecule has 0 aliphatic heterocycles. The third-order valence-electron chi connectivity index (χ3n) is 4.04. The number of benzene rings is 3. The first-order valence-electron chi connectivity index (χ1n) is 8.16. The summed E-state index contributed by atoms with van der Waals surface area (Å²) in [6.07, 6.45) is 1.10. The molecule has 0 spiro atoms. The van der Waals surface area contributed by atoms with Crippen molar-refractivity contribution in [2.24, 2.45) is 0 Å². The summed E-state index contributed by atoms with van der Waals surface area (Å²) in [7, 11) is -3.59. The van der Waals surface area contributed by atoms with E-state index in [1.54, 1.807) is 24.3 Å². The molecule has 3 aromatic carbocycles. The standard InChI is InChI=1S/C20H20N2O3S/c1-15-7-5-10-17(13-15)22(26(2,24)25)14-20(23)21-19-12-6-9-16-8-3-4-11-18(16)19/h3-13H,14H2,1-2H3,(H,21,23). The van der Waals surface area contributed by atoms with Gasteiger partial charge in [0, 0.05) is 11.1 Å². The number of sulfonamides is 1. The van der Waals surface area contributed by atoms with E-state index in [1.807, 2.05) is 49.4 Å². The molecule has 26 heavy (non-hydrogen) atoms. The number of amides is 1. The SMILES string of the molecule is Cc1cccc(N(CC(=O)Nc2cccc3ccccc23)S(C)(=O)=O)c1. The number of fused-ring (bicyclic) bond motifs is 1. The second-order valence-corrected chi connectivity index (χ2v) is 8.09. The van der Waals surface area contributed by atoms with Crippen LogP contribution in [0.15, 0.2) is 66.7 Å². The lowest BCUT2D eigenvalue weighted by Crippen LogP contribution is -2.37. The van der Waals surface area contributed by atoms with Crippen molar-refractivity contribution < 1.29 is 13.2 Å². The highest BCUT2D eigenvalue weighted by molar-refractivity contribution is 7.92. The van der Waals surface area contributed by atoms with Crippen LogP contribution >= 0.6 is 0 Å². The minimum Gasteiger partial charge on any atom is -0.324 e. The third-order valence-corrected chi connectivity index (χ3v) is 5.18. The average molecular weight is 368 g/mol. The Morgan fingerprint density at radius 2 is 1.69 bits per heavy atom. The number of rotatable bonds is 5. The van der Waals surface area contributed by atoms with Crippen LogP contribution in [-0.2, 0) is 14.8 Å². The number of hydrogen-bond donors (Lipinski definition) is 1. The average Bonchev–Trinajstić information content (AvgIpc) is 2.59. The molecule has 0 saturated carbocycles. The van der Waals surface area contributed by atoms with Crippen molar-refractivity contribution in [3.05, 3.63) is 72.3 Å². The molecule has 3 aromatic rings. The Balaban J connectivity index is 1.87. The first-order valence-corrected chi connectivity index (χ1v) is 10.0. The molecule has 1 N–H and O–H groups in total. The zero-order valence-electron chi connectivity index (χ0n) is 14.6. The second-order valence-electron chi connectivity index (χ2n) is 6.18. The molecule has 0 fully saturated rings. The molecule has 5 nitrogen and oxygen atoms in total. The van der Waals surface area contributed by atoms with E-state index < -0.39 is 15.9 Å². The van der Waals surface area contributed by atoms with Gasteiger partial charge in [-0.3, -0.25) is 9.10 Å². The van der Waals surface area contributed by atoms with E-state index in [0.717, 1.165) is 26.9 Å². The summed E-state index contributed by atoms with van der Waals surface area (Å²) in [5, 5.41) is 4.74. The van der Waals surface area contributed by atoms with Crippen molar-refractivity contribution in [1.82, 2.24) is 0 Å². The van der Waals surface area contributed by atoms with Gasteiger partial charge in [0.1, 0.15) is 6.54 Å². The minimum atomic E-state index is -3.59. The molecule has 6 heteroatoms. The number of carbonyl (C=O) groups excluding carboxylic acids is 1. The number of carbonyl (C=O) groups is 1. The van der Waals surface area contributed by atoms with Crippen LogP contribution in [0.4, 0.5) is 11.4 Å². The van der Waals surface area contributed by atoms with Gasteiger partial charge in [-0.15, -0.1) is 0 Å². The van der Waals surface area contributed by atoms with E-state index >= 15 is 0 Å². The summed E-state index contributed by atoms with van der Waals surface area (Å²) in [5.41, 5.74) is 2.05. The van der Waals surface area contributed by atoms with Gasteiger partial charge in [-0.2, -0.15) is 0 Å². The summed E-state index contributed by atoms with van der Waals surface area (Å²) in [5.74, 6) is -0.395. The Labute approximate surface area is 153 Å². The first-order chi connectivity index (χ1) is 12.3. The lowest BCUT2D eigenvalue weighted by Gasteiger charge is -2.22. The number of nitrogens with zero attached hydrogens (tertiary/aromatic N) is 1.